The fourth-order valence-corrected chi connectivity index (χ4v) is 2.78. The maximum absolute atomic E-state index is 6.18. The molecule has 0 aliphatic rings. The summed E-state index contributed by atoms with van der Waals surface area (Å²) < 4.78 is 5.24. The summed E-state index contributed by atoms with van der Waals surface area (Å²) in [7, 11) is 1.70. The number of hydrogen-bond acceptors (Lipinski definition) is 5. The van der Waals surface area contributed by atoms with E-state index in [0.717, 1.165) is 5.56 Å². The molecule has 0 fully saturated rings. The smallest absolute Gasteiger partial charge is 0.276 e. The van der Waals surface area contributed by atoms with Gasteiger partial charge in [-0.15, -0.1) is 24.0 Å². The van der Waals surface area contributed by atoms with E-state index in [0.29, 0.717) is 52.9 Å². The summed E-state index contributed by atoms with van der Waals surface area (Å²) in [4.78, 5) is 12.7. The van der Waals surface area contributed by atoms with Crippen molar-refractivity contribution >= 4 is 53.1 Å². The number of halogens is 3. The zero-order valence-electron chi connectivity index (χ0n) is 15.0. The summed E-state index contributed by atoms with van der Waals surface area (Å²) in [5.74, 6) is 1.65. The second-order valence-electron chi connectivity index (χ2n) is 5.57. The highest BCUT2D eigenvalue weighted by Crippen LogP contribution is 2.20. The highest BCUT2D eigenvalue weighted by atomic mass is 127. The Morgan fingerprint density at radius 3 is 2.75 bits per heavy atom. The first-order valence-corrected chi connectivity index (χ1v) is 9.03. The third kappa shape index (κ3) is 6.32. The summed E-state index contributed by atoms with van der Waals surface area (Å²) in [6, 6.07) is 10.9. The van der Waals surface area contributed by atoms with Gasteiger partial charge in [0, 0.05) is 42.8 Å². The van der Waals surface area contributed by atoms with E-state index in [9.17, 15) is 0 Å². The van der Waals surface area contributed by atoms with E-state index in [4.69, 9.17) is 27.7 Å². The summed E-state index contributed by atoms with van der Waals surface area (Å²) in [5.41, 5.74) is 1.59. The van der Waals surface area contributed by atoms with Crippen LogP contribution < -0.4 is 10.6 Å². The van der Waals surface area contributed by atoms with Crippen LogP contribution in [0.3, 0.4) is 0 Å². The standard InChI is InChI=1S/C18H18Cl2N6O.HI/c1-21-18(24-11-12-5-6-13(19)10-14(12)20)23-9-7-16-25-17(27-26-16)15-4-2-3-8-22-15;/h2-6,8,10H,7,9,11H2,1H3,(H2,21,23,24);1H. The number of rotatable bonds is 6. The molecule has 0 saturated heterocycles. The third-order valence-corrected chi connectivity index (χ3v) is 4.27. The number of nitrogens with one attached hydrogen (secondary N) is 2. The molecular formula is C18H19Cl2IN6O. The lowest BCUT2D eigenvalue weighted by atomic mass is 10.2. The Bertz CT molecular complexity index is 919. The van der Waals surface area contributed by atoms with Crippen molar-refractivity contribution in [2.24, 2.45) is 4.99 Å². The van der Waals surface area contributed by atoms with Gasteiger partial charge in [-0.25, -0.2) is 0 Å². The highest BCUT2D eigenvalue weighted by Gasteiger charge is 2.09. The van der Waals surface area contributed by atoms with Crippen LogP contribution in [0.15, 0.2) is 52.1 Å². The van der Waals surface area contributed by atoms with E-state index in [1.807, 2.05) is 24.3 Å². The van der Waals surface area contributed by atoms with Crippen LogP contribution in [0.1, 0.15) is 11.4 Å². The fraction of sp³-hybridized carbons (Fsp3) is 0.222. The lowest BCUT2D eigenvalue weighted by Gasteiger charge is -2.12. The van der Waals surface area contributed by atoms with Crippen molar-refractivity contribution in [2.45, 2.75) is 13.0 Å². The van der Waals surface area contributed by atoms with Crippen molar-refractivity contribution in [3.63, 3.8) is 0 Å². The highest BCUT2D eigenvalue weighted by molar-refractivity contribution is 14.0. The van der Waals surface area contributed by atoms with Crippen LogP contribution in [0.5, 0.6) is 0 Å². The van der Waals surface area contributed by atoms with Crippen LogP contribution in [0.4, 0.5) is 0 Å². The van der Waals surface area contributed by atoms with Crippen LogP contribution in [0, 0.1) is 0 Å². The van der Waals surface area contributed by atoms with Gasteiger partial charge in [-0.1, -0.05) is 40.5 Å². The lowest BCUT2D eigenvalue weighted by molar-refractivity contribution is 0.421. The molecule has 28 heavy (non-hydrogen) atoms. The van der Waals surface area contributed by atoms with Gasteiger partial charge in [0.2, 0.25) is 0 Å². The van der Waals surface area contributed by atoms with E-state index in [2.05, 4.69) is 30.8 Å². The topological polar surface area (TPSA) is 88.2 Å². The van der Waals surface area contributed by atoms with Gasteiger partial charge in [-0.3, -0.25) is 9.98 Å². The molecule has 0 aliphatic carbocycles. The van der Waals surface area contributed by atoms with E-state index < -0.39 is 0 Å². The van der Waals surface area contributed by atoms with Crippen LogP contribution in [0.2, 0.25) is 10.0 Å². The predicted molar refractivity (Wildman–Crippen MR) is 121 cm³/mol. The third-order valence-electron chi connectivity index (χ3n) is 3.68. The molecule has 2 aromatic heterocycles. The quantitative estimate of drug-likeness (QED) is 0.284. The molecule has 0 aliphatic heterocycles. The molecule has 1 aromatic carbocycles. The molecule has 0 amide bonds. The normalized spacial score (nSPS) is 11.0. The molecular weight excluding hydrogens is 514 g/mol. The van der Waals surface area contributed by atoms with Gasteiger partial charge >= 0.3 is 0 Å². The number of pyridine rings is 1. The lowest BCUT2D eigenvalue weighted by Crippen LogP contribution is -2.38. The number of guanidine groups is 1. The average molecular weight is 533 g/mol. The maximum Gasteiger partial charge on any atom is 0.276 e. The Kier molecular flexibility index (Phi) is 8.94. The van der Waals surface area contributed by atoms with Crippen LogP contribution in [-0.2, 0) is 13.0 Å². The van der Waals surface area contributed by atoms with Crippen molar-refractivity contribution in [2.75, 3.05) is 13.6 Å². The Morgan fingerprint density at radius 1 is 1.18 bits per heavy atom. The largest absolute Gasteiger partial charge is 0.356 e. The summed E-state index contributed by atoms with van der Waals surface area (Å²) >= 11 is 12.1. The van der Waals surface area contributed by atoms with Gasteiger partial charge < -0.3 is 15.2 Å². The van der Waals surface area contributed by atoms with Gasteiger partial charge in [0.15, 0.2) is 11.8 Å². The van der Waals surface area contributed by atoms with E-state index in [1.54, 1.807) is 25.4 Å². The SMILES string of the molecule is CN=C(NCCc1noc(-c2ccccn2)n1)NCc1ccc(Cl)cc1Cl.I. The Balaban J connectivity index is 0.00000280. The molecule has 3 rings (SSSR count). The minimum Gasteiger partial charge on any atom is -0.356 e. The van der Waals surface area contributed by atoms with Gasteiger partial charge in [-0.2, -0.15) is 4.98 Å². The van der Waals surface area contributed by atoms with E-state index >= 15 is 0 Å². The zero-order valence-corrected chi connectivity index (χ0v) is 18.9. The van der Waals surface area contributed by atoms with Gasteiger partial charge in [0.25, 0.3) is 5.89 Å². The van der Waals surface area contributed by atoms with Crippen LogP contribution in [0.25, 0.3) is 11.6 Å². The molecule has 10 heteroatoms. The first-order valence-electron chi connectivity index (χ1n) is 8.28. The molecule has 3 aromatic rings. The minimum absolute atomic E-state index is 0. The molecule has 7 nitrogen and oxygen atoms in total. The van der Waals surface area contributed by atoms with Crippen molar-refractivity contribution in [1.82, 2.24) is 25.8 Å². The molecule has 0 atom stereocenters. The van der Waals surface area contributed by atoms with Gasteiger partial charge in [0.05, 0.1) is 0 Å². The molecule has 2 N–H and O–H groups in total. The second kappa shape index (κ2) is 11.2. The summed E-state index contributed by atoms with van der Waals surface area (Å²) in [6.07, 6.45) is 2.27. The maximum atomic E-state index is 6.18. The summed E-state index contributed by atoms with van der Waals surface area (Å²) in [6.45, 7) is 1.12. The van der Waals surface area contributed by atoms with Crippen LogP contribution in [-0.4, -0.2) is 34.7 Å². The van der Waals surface area contributed by atoms with Crippen molar-refractivity contribution in [3.8, 4) is 11.6 Å². The van der Waals surface area contributed by atoms with E-state index in [-0.39, 0.29) is 24.0 Å². The molecule has 148 valence electrons. The van der Waals surface area contributed by atoms with Crippen molar-refractivity contribution in [1.29, 1.82) is 0 Å². The number of aliphatic imine (C=N–C) groups is 1. The number of benzene rings is 1. The molecule has 0 bridgehead atoms. The van der Waals surface area contributed by atoms with Gasteiger partial charge in [-0.05, 0) is 29.8 Å². The van der Waals surface area contributed by atoms with Gasteiger partial charge in [0.1, 0.15) is 5.69 Å². The molecule has 0 unspecified atom stereocenters. The number of aromatic nitrogens is 3. The zero-order chi connectivity index (χ0) is 19.1. The number of hydrogen-bond donors (Lipinski definition) is 2. The molecule has 0 radical (unpaired) electrons. The Morgan fingerprint density at radius 2 is 2.04 bits per heavy atom. The molecule has 2 heterocycles. The fourth-order valence-electron chi connectivity index (χ4n) is 2.31. The van der Waals surface area contributed by atoms with Crippen molar-refractivity contribution in [3.05, 3.63) is 64.0 Å². The summed E-state index contributed by atoms with van der Waals surface area (Å²) in [5, 5.41) is 11.6. The van der Waals surface area contributed by atoms with E-state index in [1.165, 1.54) is 0 Å². The second-order valence-corrected chi connectivity index (χ2v) is 6.41. The monoisotopic (exact) mass is 532 g/mol. The number of nitrogens with zero attached hydrogens (tertiary/aromatic N) is 4. The first kappa shape index (κ1) is 22.4. The minimum atomic E-state index is 0. The Labute approximate surface area is 190 Å². The first-order chi connectivity index (χ1) is 13.2. The molecule has 0 spiro atoms. The van der Waals surface area contributed by atoms with Crippen molar-refractivity contribution < 1.29 is 4.52 Å². The Hall–Kier alpha value is -1.91. The predicted octanol–water partition coefficient (Wildman–Crippen LogP) is 3.96. The van der Waals surface area contributed by atoms with Crippen LogP contribution >= 0.6 is 47.2 Å². The average Bonchev–Trinajstić information content (AvgIpc) is 3.15. The molecule has 0 saturated carbocycles.